The third-order valence-electron chi connectivity index (χ3n) is 3.40. The largest absolute Gasteiger partial charge is 0.355 e. The van der Waals surface area contributed by atoms with Gasteiger partial charge in [0.2, 0.25) is 5.91 Å². The van der Waals surface area contributed by atoms with Crippen molar-refractivity contribution in [3.63, 3.8) is 0 Å². The lowest BCUT2D eigenvalue weighted by atomic mass is 9.93. The number of nitrogens with zero attached hydrogens (tertiary/aromatic N) is 1. The molecule has 0 aliphatic heterocycles. The summed E-state index contributed by atoms with van der Waals surface area (Å²) in [6.07, 6.45) is 3.62. The van der Waals surface area contributed by atoms with E-state index in [4.69, 9.17) is 5.73 Å². The number of carbonyl (C=O) groups excluding carboxylic acids is 1. The Morgan fingerprint density at radius 3 is 2.61 bits per heavy atom. The van der Waals surface area contributed by atoms with E-state index in [1.165, 1.54) is 12.8 Å². The maximum atomic E-state index is 11.9. The predicted octanol–water partition coefficient (Wildman–Crippen LogP) is 1.21. The summed E-state index contributed by atoms with van der Waals surface area (Å²) < 4.78 is 0. The third-order valence-corrected chi connectivity index (χ3v) is 3.40. The van der Waals surface area contributed by atoms with Crippen molar-refractivity contribution in [2.45, 2.75) is 40.0 Å². The highest BCUT2D eigenvalue weighted by molar-refractivity contribution is 5.78. The molecule has 0 unspecified atom stereocenters. The van der Waals surface area contributed by atoms with Crippen LogP contribution in [0.4, 0.5) is 0 Å². The Morgan fingerprint density at radius 1 is 1.44 bits per heavy atom. The van der Waals surface area contributed by atoms with E-state index in [1.54, 1.807) is 0 Å². The van der Waals surface area contributed by atoms with E-state index in [2.05, 4.69) is 31.0 Å². The van der Waals surface area contributed by atoms with Crippen LogP contribution in [0.15, 0.2) is 0 Å². The summed E-state index contributed by atoms with van der Waals surface area (Å²) in [4.78, 5) is 14.1. The highest BCUT2D eigenvalue weighted by Crippen LogP contribution is 2.27. The van der Waals surface area contributed by atoms with E-state index in [0.29, 0.717) is 13.1 Å². The van der Waals surface area contributed by atoms with Gasteiger partial charge in [0.05, 0.1) is 6.54 Å². The second kappa shape index (κ2) is 7.10. The van der Waals surface area contributed by atoms with Crippen LogP contribution in [0.5, 0.6) is 0 Å². The number of nitrogens with two attached hydrogens (primary N) is 1. The Morgan fingerprint density at radius 2 is 2.11 bits per heavy atom. The molecule has 106 valence electrons. The second-order valence-corrected chi connectivity index (χ2v) is 6.33. The Hall–Kier alpha value is -0.610. The van der Waals surface area contributed by atoms with Gasteiger partial charge in [0.15, 0.2) is 0 Å². The molecular weight excluding hydrogens is 226 g/mol. The molecule has 4 heteroatoms. The molecule has 4 nitrogen and oxygen atoms in total. The van der Waals surface area contributed by atoms with Crippen LogP contribution in [0, 0.1) is 11.3 Å². The zero-order chi connectivity index (χ0) is 13.6. The fourth-order valence-corrected chi connectivity index (χ4v) is 2.04. The van der Waals surface area contributed by atoms with Crippen LogP contribution in [0.1, 0.15) is 40.0 Å². The highest BCUT2D eigenvalue weighted by Gasteiger charge is 2.24. The first-order valence-electron chi connectivity index (χ1n) is 7.16. The summed E-state index contributed by atoms with van der Waals surface area (Å²) in [5.41, 5.74) is 5.84. The first-order chi connectivity index (χ1) is 8.46. The molecule has 18 heavy (non-hydrogen) atoms. The van der Waals surface area contributed by atoms with Crippen LogP contribution in [0.2, 0.25) is 0 Å². The second-order valence-electron chi connectivity index (χ2n) is 6.33. The van der Waals surface area contributed by atoms with Crippen molar-refractivity contribution < 1.29 is 4.79 Å². The Labute approximate surface area is 111 Å². The van der Waals surface area contributed by atoms with Crippen LogP contribution in [0.3, 0.4) is 0 Å². The van der Waals surface area contributed by atoms with E-state index in [0.717, 1.165) is 32.0 Å². The smallest absolute Gasteiger partial charge is 0.234 e. The minimum atomic E-state index is 0.0753. The van der Waals surface area contributed by atoms with Crippen LogP contribution in [0.25, 0.3) is 0 Å². The maximum absolute atomic E-state index is 11.9. The summed E-state index contributed by atoms with van der Waals surface area (Å²) in [5, 5.41) is 3.03. The number of nitrogens with one attached hydrogen (secondary N) is 1. The van der Waals surface area contributed by atoms with Gasteiger partial charge in [-0.15, -0.1) is 0 Å². The topological polar surface area (TPSA) is 58.4 Å². The van der Waals surface area contributed by atoms with Crippen molar-refractivity contribution in [3.05, 3.63) is 0 Å². The lowest BCUT2D eigenvalue weighted by Gasteiger charge is -2.31. The average Bonchev–Trinajstić information content (AvgIpc) is 3.10. The van der Waals surface area contributed by atoms with Gasteiger partial charge in [-0.1, -0.05) is 20.8 Å². The highest BCUT2D eigenvalue weighted by atomic mass is 16.2. The lowest BCUT2D eigenvalue weighted by Crippen LogP contribution is -2.44. The van der Waals surface area contributed by atoms with Crippen molar-refractivity contribution in [1.82, 2.24) is 10.2 Å². The zero-order valence-electron chi connectivity index (χ0n) is 12.2. The minimum Gasteiger partial charge on any atom is -0.355 e. The summed E-state index contributed by atoms with van der Waals surface area (Å²) in [7, 11) is 0. The molecule has 1 aliphatic carbocycles. The molecule has 0 aromatic rings. The maximum Gasteiger partial charge on any atom is 0.234 e. The number of hydrogen-bond donors (Lipinski definition) is 2. The van der Waals surface area contributed by atoms with E-state index in [1.807, 2.05) is 0 Å². The van der Waals surface area contributed by atoms with Gasteiger partial charge >= 0.3 is 0 Å². The van der Waals surface area contributed by atoms with E-state index < -0.39 is 0 Å². The van der Waals surface area contributed by atoms with Crippen LogP contribution < -0.4 is 11.1 Å². The van der Waals surface area contributed by atoms with Gasteiger partial charge < -0.3 is 11.1 Å². The van der Waals surface area contributed by atoms with Crippen molar-refractivity contribution in [2.75, 3.05) is 32.7 Å². The van der Waals surface area contributed by atoms with Crippen molar-refractivity contribution >= 4 is 5.91 Å². The van der Waals surface area contributed by atoms with Crippen molar-refractivity contribution in [3.8, 4) is 0 Å². The molecule has 0 radical (unpaired) electrons. The van der Waals surface area contributed by atoms with E-state index >= 15 is 0 Å². The van der Waals surface area contributed by atoms with Crippen LogP contribution in [-0.4, -0.2) is 43.5 Å². The van der Waals surface area contributed by atoms with E-state index in [9.17, 15) is 4.79 Å². The predicted molar refractivity (Wildman–Crippen MR) is 75.3 cm³/mol. The van der Waals surface area contributed by atoms with E-state index in [-0.39, 0.29) is 11.3 Å². The molecule has 3 N–H and O–H groups in total. The van der Waals surface area contributed by atoms with Gasteiger partial charge in [-0.2, -0.15) is 0 Å². The summed E-state index contributed by atoms with van der Waals surface area (Å²) in [5.74, 6) is 0.900. The zero-order valence-corrected chi connectivity index (χ0v) is 12.2. The van der Waals surface area contributed by atoms with Gasteiger partial charge in [-0.05, 0) is 43.7 Å². The molecule has 1 aliphatic rings. The molecule has 1 rings (SSSR count). The first kappa shape index (κ1) is 15.4. The monoisotopic (exact) mass is 255 g/mol. The quantitative estimate of drug-likeness (QED) is 0.651. The molecule has 0 bridgehead atoms. The van der Waals surface area contributed by atoms with Gasteiger partial charge in [0.1, 0.15) is 0 Å². The molecule has 0 atom stereocenters. The van der Waals surface area contributed by atoms with Crippen LogP contribution in [-0.2, 0) is 4.79 Å². The molecule has 0 spiro atoms. The summed E-state index contributed by atoms with van der Waals surface area (Å²) >= 11 is 0. The van der Waals surface area contributed by atoms with Crippen LogP contribution >= 0.6 is 0 Å². The summed E-state index contributed by atoms with van der Waals surface area (Å²) in [6.45, 7) is 10.3. The van der Waals surface area contributed by atoms with Gasteiger partial charge in [-0.25, -0.2) is 0 Å². The number of amides is 1. The first-order valence-corrected chi connectivity index (χ1v) is 7.16. The third kappa shape index (κ3) is 6.36. The van der Waals surface area contributed by atoms with Gasteiger partial charge in [-0.3, -0.25) is 9.69 Å². The average molecular weight is 255 g/mol. The minimum absolute atomic E-state index is 0.0753. The molecule has 1 amide bonds. The molecule has 0 saturated heterocycles. The lowest BCUT2D eigenvalue weighted by molar-refractivity contribution is -0.122. The number of carbonyl (C=O) groups is 1. The SMILES string of the molecule is CCCN(CC(=O)NCC1CC1)CC(C)(C)CN. The Balaban J connectivity index is 2.32. The number of rotatable bonds is 9. The molecule has 0 aromatic carbocycles. The fourth-order valence-electron chi connectivity index (χ4n) is 2.04. The van der Waals surface area contributed by atoms with Crippen molar-refractivity contribution in [2.24, 2.45) is 17.1 Å². The molecule has 1 saturated carbocycles. The molecule has 0 aromatic heterocycles. The summed E-state index contributed by atoms with van der Waals surface area (Å²) in [6, 6.07) is 0. The normalized spacial score (nSPS) is 16.1. The van der Waals surface area contributed by atoms with Crippen molar-refractivity contribution in [1.29, 1.82) is 0 Å². The van der Waals surface area contributed by atoms with Gasteiger partial charge in [0.25, 0.3) is 0 Å². The molecule has 1 fully saturated rings. The Bertz CT molecular complexity index is 262. The Kier molecular flexibility index (Phi) is 6.09. The standard InChI is InChI=1S/C14H29N3O/c1-4-7-17(11-14(2,3)10-15)9-13(18)16-8-12-5-6-12/h12H,4-11,15H2,1-3H3,(H,16,18). The fraction of sp³-hybridized carbons (Fsp3) is 0.929. The number of hydrogen-bond acceptors (Lipinski definition) is 3. The molecule has 0 heterocycles. The molecular formula is C14H29N3O. The van der Waals surface area contributed by atoms with Gasteiger partial charge in [0, 0.05) is 13.1 Å².